The summed E-state index contributed by atoms with van der Waals surface area (Å²) in [7, 11) is 1.90. The molecule has 1 aliphatic rings. The van der Waals surface area contributed by atoms with Crippen molar-refractivity contribution in [3.05, 3.63) is 53.6 Å². The summed E-state index contributed by atoms with van der Waals surface area (Å²) in [5, 5.41) is 14.8. The first-order valence-electron chi connectivity index (χ1n) is 9.43. The molecule has 2 aromatic rings. The van der Waals surface area contributed by atoms with Crippen LogP contribution in [0.3, 0.4) is 0 Å². The number of aromatic nitrogens is 2. The molecule has 2 N–H and O–H groups in total. The summed E-state index contributed by atoms with van der Waals surface area (Å²) in [6, 6.07) is 6.82. The summed E-state index contributed by atoms with van der Waals surface area (Å²) >= 11 is 0. The van der Waals surface area contributed by atoms with Crippen LogP contribution in [-0.4, -0.2) is 33.1 Å². The lowest BCUT2D eigenvalue weighted by molar-refractivity contribution is -0.192. The minimum absolute atomic E-state index is 0.169. The summed E-state index contributed by atoms with van der Waals surface area (Å²) in [6.45, 7) is 0.711. The summed E-state index contributed by atoms with van der Waals surface area (Å²) in [5.41, 5.74) is 2.02. The first-order chi connectivity index (χ1) is 14.1. The van der Waals surface area contributed by atoms with Gasteiger partial charge in [0, 0.05) is 19.8 Å². The lowest BCUT2D eigenvalue weighted by atomic mass is 9.98. The average Bonchev–Trinajstić information content (AvgIpc) is 3.35. The highest BCUT2D eigenvalue weighted by Crippen LogP contribution is 2.27. The van der Waals surface area contributed by atoms with Gasteiger partial charge in [-0.2, -0.15) is 18.3 Å². The summed E-state index contributed by atoms with van der Waals surface area (Å²) in [6.07, 6.45) is 3.66. The van der Waals surface area contributed by atoms with Crippen molar-refractivity contribution in [2.45, 2.75) is 44.4 Å². The van der Waals surface area contributed by atoms with Crippen LogP contribution in [0, 0.1) is 23.6 Å². The van der Waals surface area contributed by atoms with E-state index in [9.17, 15) is 17.6 Å². The summed E-state index contributed by atoms with van der Waals surface area (Å²) in [4.78, 5) is 8.90. The Morgan fingerprint density at radius 2 is 1.90 bits per heavy atom. The first-order valence-corrected chi connectivity index (χ1v) is 9.43. The van der Waals surface area contributed by atoms with Gasteiger partial charge in [0.1, 0.15) is 5.82 Å². The third kappa shape index (κ3) is 7.87. The van der Waals surface area contributed by atoms with Crippen LogP contribution in [-0.2, 0) is 18.4 Å². The Hall–Kier alpha value is -2.86. The number of carboxylic acid groups (broad SMARTS) is 1. The lowest BCUT2D eigenvalue weighted by Crippen LogP contribution is -2.33. The molecule has 9 heteroatoms. The molecule has 3 rings (SSSR count). The largest absolute Gasteiger partial charge is 0.490 e. The van der Waals surface area contributed by atoms with Crippen LogP contribution in [0.4, 0.5) is 17.6 Å². The van der Waals surface area contributed by atoms with E-state index >= 15 is 0 Å². The monoisotopic (exact) mass is 425 g/mol. The minimum Gasteiger partial charge on any atom is -0.475 e. The zero-order chi connectivity index (χ0) is 22.1. The van der Waals surface area contributed by atoms with Crippen molar-refractivity contribution in [1.29, 1.82) is 0 Å². The third-order valence-electron chi connectivity index (χ3n) is 4.63. The van der Waals surface area contributed by atoms with E-state index in [1.165, 1.54) is 37.8 Å². The van der Waals surface area contributed by atoms with E-state index in [1.54, 1.807) is 10.9 Å². The van der Waals surface area contributed by atoms with Gasteiger partial charge in [-0.1, -0.05) is 36.8 Å². The van der Waals surface area contributed by atoms with Crippen molar-refractivity contribution in [2.24, 2.45) is 13.0 Å². The second-order valence-electron chi connectivity index (χ2n) is 7.00. The Labute approximate surface area is 172 Å². The van der Waals surface area contributed by atoms with Gasteiger partial charge in [-0.25, -0.2) is 9.18 Å². The number of nitrogens with one attached hydrogen (secondary N) is 1. The van der Waals surface area contributed by atoms with E-state index in [1.807, 2.05) is 25.4 Å². The normalized spacial score (nSPS) is 15.0. The number of hydrogen-bond donors (Lipinski definition) is 2. The van der Waals surface area contributed by atoms with Crippen LogP contribution in [0.25, 0.3) is 0 Å². The highest BCUT2D eigenvalue weighted by Gasteiger charge is 2.38. The summed E-state index contributed by atoms with van der Waals surface area (Å²) < 4.78 is 46.5. The number of carbonyl (C=O) groups is 1. The maximum Gasteiger partial charge on any atom is 0.490 e. The second-order valence-corrected chi connectivity index (χ2v) is 7.00. The SMILES string of the molecule is Cn1cc(C#CC(NCc2ccc(F)cc2)C2CCCC2)cn1.O=C(O)C(F)(F)F. The number of halogens is 4. The standard InChI is InChI=1S/C19H22FN3.C2HF3O2/c1-23-14-16(13-22-23)8-11-19(17-4-2-3-5-17)21-12-15-6-9-18(20)10-7-15;3-2(4,5)1(6)7/h6-7,9-10,13-14,17,19,21H,2-5,12H2,1H3;(H,6,7). The number of hydrogen-bond acceptors (Lipinski definition) is 3. The Morgan fingerprint density at radius 3 is 2.40 bits per heavy atom. The fraction of sp³-hybridized carbons (Fsp3) is 0.429. The van der Waals surface area contributed by atoms with Crippen LogP contribution in [0.2, 0.25) is 0 Å². The molecule has 1 unspecified atom stereocenters. The van der Waals surface area contributed by atoms with Crippen molar-refractivity contribution in [2.75, 3.05) is 0 Å². The van der Waals surface area contributed by atoms with Crippen molar-refractivity contribution < 1.29 is 27.5 Å². The molecule has 1 aliphatic carbocycles. The number of aryl methyl sites for hydroxylation is 1. The van der Waals surface area contributed by atoms with E-state index in [4.69, 9.17) is 9.90 Å². The maximum absolute atomic E-state index is 13.0. The second kappa shape index (κ2) is 10.8. The molecule has 1 fully saturated rings. The van der Waals surface area contributed by atoms with Crippen molar-refractivity contribution in [3.63, 3.8) is 0 Å². The van der Waals surface area contributed by atoms with Crippen LogP contribution >= 0.6 is 0 Å². The fourth-order valence-corrected chi connectivity index (χ4v) is 3.10. The van der Waals surface area contributed by atoms with Gasteiger partial charge in [0.2, 0.25) is 0 Å². The van der Waals surface area contributed by atoms with Crippen LogP contribution < -0.4 is 5.32 Å². The molecule has 1 aromatic heterocycles. The lowest BCUT2D eigenvalue weighted by Gasteiger charge is -2.19. The molecule has 1 saturated carbocycles. The molecule has 1 heterocycles. The molecular formula is C21H23F4N3O2. The molecule has 0 saturated heterocycles. The average molecular weight is 425 g/mol. The van der Waals surface area contributed by atoms with Gasteiger partial charge in [0.15, 0.2) is 0 Å². The molecule has 5 nitrogen and oxygen atoms in total. The Morgan fingerprint density at radius 1 is 1.30 bits per heavy atom. The van der Waals surface area contributed by atoms with E-state index in [-0.39, 0.29) is 11.9 Å². The number of benzene rings is 1. The topological polar surface area (TPSA) is 67.2 Å². The fourth-order valence-electron chi connectivity index (χ4n) is 3.10. The zero-order valence-corrected chi connectivity index (χ0v) is 16.4. The molecule has 0 bridgehead atoms. The number of aliphatic carboxylic acids is 1. The van der Waals surface area contributed by atoms with Gasteiger partial charge in [-0.3, -0.25) is 10.00 Å². The Kier molecular flexibility index (Phi) is 8.42. The molecule has 162 valence electrons. The molecule has 0 amide bonds. The number of nitrogens with zero attached hydrogens (tertiary/aromatic N) is 2. The molecule has 30 heavy (non-hydrogen) atoms. The van der Waals surface area contributed by atoms with Gasteiger partial charge in [0.05, 0.1) is 17.8 Å². The van der Waals surface area contributed by atoms with Gasteiger partial charge in [-0.15, -0.1) is 0 Å². The number of carboxylic acids is 1. The highest BCUT2D eigenvalue weighted by molar-refractivity contribution is 5.73. The minimum atomic E-state index is -5.08. The van der Waals surface area contributed by atoms with E-state index in [0.29, 0.717) is 12.5 Å². The third-order valence-corrected chi connectivity index (χ3v) is 4.63. The number of alkyl halides is 3. The van der Waals surface area contributed by atoms with Gasteiger partial charge >= 0.3 is 12.1 Å². The van der Waals surface area contributed by atoms with E-state index < -0.39 is 12.1 Å². The van der Waals surface area contributed by atoms with Gasteiger partial charge < -0.3 is 5.11 Å². The zero-order valence-electron chi connectivity index (χ0n) is 16.4. The van der Waals surface area contributed by atoms with Crippen LogP contribution in [0.5, 0.6) is 0 Å². The highest BCUT2D eigenvalue weighted by atomic mass is 19.4. The maximum atomic E-state index is 13.0. The van der Waals surface area contributed by atoms with Gasteiger partial charge in [-0.05, 0) is 36.5 Å². The molecule has 0 radical (unpaired) electrons. The quantitative estimate of drug-likeness (QED) is 0.576. The number of rotatable bonds is 4. The predicted molar refractivity (Wildman–Crippen MR) is 103 cm³/mol. The van der Waals surface area contributed by atoms with Crippen LogP contribution in [0.15, 0.2) is 36.7 Å². The Bertz CT molecular complexity index is 876. The van der Waals surface area contributed by atoms with E-state index in [2.05, 4.69) is 22.3 Å². The molecule has 1 aromatic carbocycles. The first kappa shape index (κ1) is 23.4. The van der Waals surface area contributed by atoms with Gasteiger partial charge in [0.25, 0.3) is 0 Å². The molecule has 1 atom stereocenters. The molecular weight excluding hydrogens is 402 g/mol. The summed E-state index contributed by atoms with van der Waals surface area (Å²) in [5.74, 6) is 4.26. The molecule has 0 spiro atoms. The predicted octanol–water partition coefficient (Wildman–Crippen LogP) is 3.89. The van der Waals surface area contributed by atoms with Crippen LogP contribution in [0.1, 0.15) is 36.8 Å². The van der Waals surface area contributed by atoms with E-state index in [0.717, 1.165) is 11.1 Å². The molecule has 0 aliphatic heterocycles. The van der Waals surface area contributed by atoms with Crippen molar-refractivity contribution in [3.8, 4) is 11.8 Å². The Balaban J connectivity index is 0.000000396. The smallest absolute Gasteiger partial charge is 0.475 e. The van der Waals surface area contributed by atoms with Crippen molar-refractivity contribution in [1.82, 2.24) is 15.1 Å². The van der Waals surface area contributed by atoms with Crippen molar-refractivity contribution >= 4 is 5.97 Å².